The van der Waals surface area contributed by atoms with Crippen LogP contribution in [0.15, 0.2) is 97.1 Å². The molecule has 0 bridgehead atoms. The summed E-state index contributed by atoms with van der Waals surface area (Å²) >= 11 is 4.68. The number of halogens is 2. The predicted octanol–water partition coefficient (Wildman–Crippen LogP) is 8.02. The molecule has 4 rings (SSSR count). The van der Waals surface area contributed by atoms with E-state index in [4.69, 9.17) is 4.74 Å². The maximum Gasteiger partial charge on any atom is 0.135 e. The molecule has 3 heteroatoms. The lowest BCUT2D eigenvalue weighted by atomic mass is 10.0. The lowest BCUT2D eigenvalue weighted by Crippen LogP contribution is -1.91. The molecule has 0 saturated carbocycles. The zero-order chi connectivity index (χ0) is 18.6. The zero-order valence-corrected chi connectivity index (χ0v) is 18.7. The van der Waals surface area contributed by atoms with Crippen LogP contribution in [0.4, 0.5) is 0 Å². The van der Waals surface area contributed by atoms with Gasteiger partial charge < -0.3 is 4.74 Å². The van der Waals surface area contributed by atoms with E-state index in [1.807, 2.05) is 36.4 Å². The van der Waals surface area contributed by atoms with Crippen molar-refractivity contribution in [3.8, 4) is 33.8 Å². The highest BCUT2D eigenvalue weighted by atomic mass is 127. The lowest BCUT2D eigenvalue weighted by molar-refractivity contribution is 0.486. The van der Waals surface area contributed by atoms with E-state index in [1.165, 1.54) is 7.14 Å². The van der Waals surface area contributed by atoms with E-state index in [-0.39, 0.29) is 0 Å². The molecular formula is C24H16I2O. The molecule has 27 heavy (non-hydrogen) atoms. The van der Waals surface area contributed by atoms with Gasteiger partial charge in [-0.15, -0.1) is 0 Å². The van der Waals surface area contributed by atoms with Crippen LogP contribution in [0, 0.1) is 7.14 Å². The Bertz CT molecular complexity index is 1000. The molecule has 0 unspecified atom stereocenters. The lowest BCUT2D eigenvalue weighted by Gasteiger charge is -2.15. The van der Waals surface area contributed by atoms with Crippen LogP contribution < -0.4 is 4.74 Å². The average Bonchev–Trinajstić information content (AvgIpc) is 2.69. The van der Waals surface area contributed by atoms with Gasteiger partial charge in [0.2, 0.25) is 0 Å². The van der Waals surface area contributed by atoms with E-state index in [0.29, 0.717) is 0 Å². The van der Waals surface area contributed by atoms with Gasteiger partial charge in [-0.05, 0) is 92.7 Å². The molecule has 0 spiro atoms. The van der Waals surface area contributed by atoms with Gasteiger partial charge in [-0.3, -0.25) is 0 Å². The summed E-state index contributed by atoms with van der Waals surface area (Å²) in [6, 6.07) is 33.3. The molecule has 0 fully saturated rings. The van der Waals surface area contributed by atoms with Crippen molar-refractivity contribution >= 4 is 45.2 Å². The van der Waals surface area contributed by atoms with Crippen LogP contribution in [0.2, 0.25) is 0 Å². The van der Waals surface area contributed by atoms with Crippen molar-refractivity contribution in [2.24, 2.45) is 0 Å². The molecule has 0 aromatic heterocycles. The summed E-state index contributed by atoms with van der Waals surface area (Å²) in [5.41, 5.74) is 4.50. The maximum atomic E-state index is 6.42. The number of benzene rings is 4. The molecule has 0 aliphatic carbocycles. The highest BCUT2D eigenvalue weighted by molar-refractivity contribution is 14.1. The zero-order valence-electron chi connectivity index (χ0n) is 14.4. The first kappa shape index (κ1) is 18.5. The summed E-state index contributed by atoms with van der Waals surface area (Å²) < 4.78 is 8.84. The van der Waals surface area contributed by atoms with E-state index in [0.717, 1.165) is 33.8 Å². The minimum absolute atomic E-state index is 0.859. The highest BCUT2D eigenvalue weighted by Crippen LogP contribution is 2.38. The normalized spacial score (nSPS) is 10.6. The first-order chi connectivity index (χ1) is 13.2. The second-order valence-electron chi connectivity index (χ2n) is 6.12. The number of hydrogen-bond acceptors (Lipinski definition) is 1. The number of rotatable bonds is 4. The average molecular weight is 574 g/mol. The van der Waals surface area contributed by atoms with Crippen LogP contribution in [0.1, 0.15) is 0 Å². The molecule has 0 heterocycles. The maximum absolute atomic E-state index is 6.42. The summed E-state index contributed by atoms with van der Waals surface area (Å²) in [5.74, 6) is 1.72. The van der Waals surface area contributed by atoms with Crippen molar-refractivity contribution in [1.29, 1.82) is 0 Å². The fraction of sp³-hybridized carbons (Fsp3) is 0. The van der Waals surface area contributed by atoms with Crippen molar-refractivity contribution < 1.29 is 4.74 Å². The Balaban J connectivity index is 1.77. The smallest absolute Gasteiger partial charge is 0.135 e. The summed E-state index contributed by atoms with van der Waals surface area (Å²) in [6.07, 6.45) is 0. The predicted molar refractivity (Wildman–Crippen MR) is 129 cm³/mol. The quantitative estimate of drug-likeness (QED) is 0.225. The van der Waals surface area contributed by atoms with E-state index >= 15 is 0 Å². The van der Waals surface area contributed by atoms with Gasteiger partial charge in [-0.1, -0.05) is 60.7 Å². The SMILES string of the molecule is Ic1cccc(-c2ccccc2Oc2ccccc2-c2cccc(I)c2)c1. The molecule has 4 aromatic carbocycles. The Hall–Kier alpha value is -1.86. The summed E-state index contributed by atoms with van der Waals surface area (Å²) in [7, 11) is 0. The molecule has 0 N–H and O–H groups in total. The minimum Gasteiger partial charge on any atom is -0.456 e. The van der Waals surface area contributed by atoms with Gasteiger partial charge in [0.05, 0.1) is 0 Å². The number of para-hydroxylation sites is 2. The van der Waals surface area contributed by atoms with Crippen molar-refractivity contribution in [2.45, 2.75) is 0 Å². The molecule has 132 valence electrons. The molecule has 1 nitrogen and oxygen atoms in total. The van der Waals surface area contributed by atoms with E-state index < -0.39 is 0 Å². The summed E-state index contributed by atoms with van der Waals surface area (Å²) in [4.78, 5) is 0. The van der Waals surface area contributed by atoms with Gasteiger partial charge in [-0.25, -0.2) is 0 Å². The van der Waals surface area contributed by atoms with Gasteiger partial charge in [0.25, 0.3) is 0 Å². The van der Waals surface area contributed by atoms with Crippen molar-refractivity contribution in [3.05, 3.63) is 104 Å². The second-order valence-corrected chi connectivity index (χ2v) is 8.61. The van der Waals surface area contributed by atoms with E-state index in [9.17, 15) is 0 Å². The van der Waals surface area contributed by atoms with Crippen LogP contribution in [0.25, 0.3) is 22.3 Å². The van der Waals surface area contributed by atoms with Crippen LogP contribution in [0.5, 0.6) is 11.5 Å². The molecule has 0 aliphatic rings. The monoisotopic (exact) mass is 574 g/mol. The van der Waals surface area contributed by atoms with Gasteiger partial charge in [-0.2, -0.15) is 0 Å². The standard InChI is InChI=1S/C24H16I2O/c25-19-9-5-7-17(15-19)21-11-1-3-13-23(21)27-24-14-4-2-12-22(24)18-8-6-10-20(26)16-18/h1-16H. The molecular weight excluding hydrogens is 558 g/mol. The Morgan fingerprint density at radius 2 is 0.926 bits per heavy atom. The van der Waals surface area contributed by atoms with Crippen molar-refractivity contribution in [1.82, 2.24) is 0 Å². The molecule has 0 saturated heterocycles. The second kappa shape index (κ2) is 8.44. The third kappa shape index (κ3) is 4.35. The van der Waals surface area contributed by atoms with Crippen LogP contribution in [-0.4, -0.2) is 0 Å². The Labute approximate surface area is 186 Å². The third-order valence-electron chi connectivity index (χ3n) is 4.27. The van der Waals surface area contributed by atoms with Crippen LogP contribution in [-0.2, 0) is 0 Å². The van der Waals surface area contributed by atoms with Gasteiger partial charge in [0.1, 0.15) is 11.5 Å². The van der Waals surface area contributed by atoms with Crippen molar-refractivity contribution in [2.75, 3.05) is 0 Å². The number of ether oxygens (including phenoxy) is 1. The molecule has 0 atom stereocenters. The molecule has 0 radical (unpaired) electrons. The summed E-state index contributed by atoms with van der Waals surface area (Å²) in [6.45, 7) is 0. The number of hydrogen-bond donors (Lipinski definition) is 0. The Kier molecular flexibility index (Phi) is 5.78. The van der Waals surface area contributed by atoms with Gasteiger partial charge in [0.15, 0.2) is 0 Å². The van der Waals surface area contributed by atoms with E-state index in [2.05, 4.69) is 106 Å². The van der Waals surface area contributed by atoms with Crippen LogP contribution >= 0.6 is 45.2 Å². The summed E-state index contributed by atoms with van der Waals surface area (Å²) in [5, 5.41) is 0. The first-order valence-corrected chi connectivity index (χ1v) is 10.7. The largest absolute Gasteiger partial charge is 0.456 e. The minimum atomic E-state index is 0.859. The fourth-order valence-electron chi connectivity index (χ4n) is 3.02. The highest BCUT2D eigenvalue weighted by Gasteiger charge is 2.11. The van der Waals surface area contributed by atoms with Crippen LogP contribution in [0.3, 0.4) is 0 Å². The van der Waals surface area contributed by atoms with E-state index in [1.54, 1.807) is 0 Å². The Morgan fingerprint density at radius 3 is 1.37 bits per heavy atom. The molecule has 4 aromatic rings. The first-order valence-electron chi connectivity index (χ1n) is 8.58. The van der Waals surface area contributed by atoms with Gasteiger partial charge in [0, 0.05) is 18.3 Å². The van der Waals surface area contributed by atoms with Gasteiger partial charge >= 0.3 is 0 Å². The molecule has 0 amide bonds. The topological polar surface area (TPSA) is 9.23 Å². The Morgan fingerprint density at radius 1 is 0.481 bits per heavy atom. The van der Waals surface area contributed by atoms with Crippen molar-refractivity contribution in [3.63, 3.8) is 0 Å². The fourth-order valence-corrected chi connectivity index (χ4v) is 4.10. The third-order valence-corrected chi connectivity index (χ3v) is 5.61. The molecule has 0 aliphatic heterocycles.